The van der Waals surface area contributed by atoms with Gasteiger partial charge in [0.2, 0.25) is 0 Å². The molecule has 2 aromatic rings. The molecule has 2 aromatic carbocycles. The second-order valence-electron chi connectivity index (χ2n) is 10.8. The molecule has 1 fully saturated rings. The van der Waals surface area contributed by atoms with Crippen molar-refractivity contribution >= 4 is 11.7 Å². The maximum atomic E-state index is 14.5. The van der Waals surface area contributed by atoms with Crippen molar-refractivity contribution in [1.29, 1.82) is 0 Å². The lowest BCUT2D eigenvalue weighted by molar-refractivity contribution is -0.137. The number of allylic oxidation sites excluding steroid dienone is 1. The first-order valence-corrected chi connectivity index (χ1v) is 12.7. The summed E-state index contributed by atoms with van der Waals surface area (Å²) in [6.45, 7) is 9.45. The van der Waals surface area contributed by atoms with Gasteiger partial charge in [-0.05, 0) is 85.4 Å². The molecule has 1 N–H and O–H groups in total. The number of aromatic hydroxyl groups is 1. The number of phenols is 1. The van der Waals surface area contributed by atoms with Gasteiger partial charge in [-0.3, -0.25) is 4.90 Å². The molecule has 1 aliphatic carbocycles. The van der Waals surface area contributed by atoms with Gasteiger partial charge in [0.15, 0.2) is 0 Å². The van der Waals surface area contributed by atoms with Crippen LogP contribution in [0.1, 0.15) is 86.8 Å². The van der Waals surface area contributed by atoms with Crippen LogP contribution in [-0.4, -0.2) is 28.7 Å². The summed E-state index contributed by atoms with van der Waals surface area (Å²) in [6.07, 6.45) is -3.70. The van der Waals surface area contributed by atoms with Crippen LogP contribution in [0, 0.1) is 18.7 Å². The number of hydrogen-bond acceptors (Lipinski definition) is 3. The SMILES string of the molecule is Cc1cc([C@H]2OC(=O)N(CC3=C(c4cc(C(C)C)c(F)cc4O)CCC(C)C3)[C@H]2C)cc(C(F)(F)F)c1. The van der Waals surface area contributed by atoms with Crippen LogP contribution in [0.5, 0.6) is 5.75 Å². The van der Waals surface area contributed by atoms with E-state index < -0.39 is 35.8 Å². The summed E-state index contributed by atoms with van der Waals surface area (Å²) < 4.78 is 60.3. The third-order valence-electron chi connectivity index (χ3n) is 7.48. The predicted molar refractivity (Wildman–Crippen MR) is 134 cm³/mol. The van der Waals surface area contributed by atoms with Crippen LogP contribution in [0.4, 0.5) is 22.4 Å². The quantitative estimate of drug-likeness (QED) is 0.406. The number of carbonyl (C=O) groups is 1. The molecule has 0 aromatic heterocycles. The van der Waals surface area contributed by atoms with Gasteiger partial charge in [0.25, 0.3) is 0 Å². The molecule has 0 radical (unpaired) electrons. The van der Waals surface area contributed by atoms with E-state index in [-0.39, 0.29) is 18.2 Å². The number of amides is 1. The Labute approximate surface area is 214 Å². The van der Waals surface area contributed by atoms with E-state index in [2.05, 4.69) is 6.92 Å². The average Bonchev–Trinajstić information content (AvgIpc) is 3.07. The van der Waals surface area contributed by atoms with Gasteiger partial charge in [0, 0.05) is 18.2 Å². The Morgan fingerprint density at radius 3 is 2.49 bits per heavy atom. The van der Waals surface area contributed by atoms with Crippen molar-refractivity contribution in [2.75, 3.05) is 6.54 Å². The molecule has 37 heavy (non-hydrogen) atoms. The van der Waals surface area contributed by atoms with E-state index in [1.165, 1.54) is 4.90 Å². The summed E-state index contributed by atoms with van der Waals surface area (Å²) in [5.41, 5.74) is 2.87. The lowest BCUT2D eigenvalue weighted by Crippen LogP contribution is -2.34. The lowest BCUT2D eigenvalue weighted by atomic mass is 9.80. The van der Waals surface area contributed by atoms with Crippen LogP contribution in [0.25, 0.3) is 5.57 Å². The minimum Gasteiger partial charge on any atom is -0.507 e. The Balaban J connectivity index is 1.69. The smallest absolute Gasteiger partial charge is 0.416 e. The van der Waals surface area contributed by atoms with E-state index >= 15 is 0 Å². The molecule has 1 amide bonds. The minimum atomic E-state index is -4.50. The number of phenolic OH excluding ortho intramolecular Hbond substituents is 1. The van der Waals surface area contributed by atoms with Crippen LogP contribution in [0.15, 0.2) is 35.9 Å². The first kappa shape index (κ1) is 27.0. The zero-order valence-electron chi connectivity index (χ0n) is 21.7. The van der Waals surface area contributed by atoms with Crippen molar-refractivity contribution in [1.82, 2.24) is 4.90 Å². The van der Waals surface area contributed by atoms with Gasteiger partial charge >= 0.3 is 12.3 Å². The van der Waals surface area contributed by atoms with Gasteiger partial charge in [-0.1, -0.05) is 32.4 Å². The number of ether oxygens (including phenoxy) is 1. The number of nitrogens with zero attached hydrogens (tertiary/aromatic N) is 1. The maximum absolute atomic E-state index is 14.5. The predicted octanol–water partition coefficient (Wildman–Crippen LogP) is 8.14. The Kier molecular flexibility index (Phi) is 7.32. The van der Waals surface area contributed by atoms with E-state index in [9.17, 15) is 27.5 Å². The number of hydrogen-bond donors (Lipinski definition) is 1. The second-order valence-corrected chi connectivity index (χ2v) is 10.8. The fourth-order valence-electron chi connectivity index (χ4n) is 5.47. The Hall–Kier alpha value is -3.03. The third kappa shape index (κ3) is 5.48. The van der Waals surface area contributed by atoms with Crippen molar-refractivity contribution in [3.05, 3.63) is 69.5 Å². The standard InChI is InChI=1S/C29H33F4NO3/c1-15(2)23-12-24(26(35)13-25(23)30)22-7-6-16(3)8-20(22)14-34-18(5)27(37-28(34)36)19-9-17(4)10-21(11-19)29(31,32)33/h9-13,15-16,18,27,35H,6-8,14H2,1-5H3/t16?,18-,27-/m0/s1. The summed E-state index contributed by atoms with van der Waals surface area (Å²) >= 11 is 0. The molecule has 1 aliphatic heterocycles. The summed E-state index contributed by atoms with van der Waals surface area (Å²) in [4.78, 5) is 14.5. The zero-order chi connectivity index (χ0) is 27.2. The fraction of sp³-hybridized carbons (Fsp3) is 0.483. The van der Waals surface area contributed by atoms with Crippen molar-refractivity contribution < 1.29 is 32.2 Å². The first-order chi connectivity index (χ1) is 17.3. The maximum Gasteiger partial charge on any atom is 0.416 e. The molecule has 3 atom stereocenters. The molecule has 200 valence electrons. The molecule has 2 aliphatic rings. The zero-order valence-corrected chi connectivity index (χ0v) is 21.7. The summed E-state index contributed by atoms with van der Waals surface area (Å²) in [6, 6.07) is 6.07. The number of rotatable bonds is 5. The largest absolute Gasteiger partial charge is 0.507 e. The summed E-state index contributed by atoms with van der Waals surface area (Å²) in [5, 5.41) is 10.6. The number of alkyl halides is 3. The van der Waals surface area contributed by atoms with Crippen LogP contribution in [-0.2, 0) is 10.9 Å². The number of benzene rings is 2. The molecule has 0 saturated carbocycles. The molecular formula is C29H33F4NO3. The van der Waals surface area contributed by atoms with Gasteiger partial charge in [0.1, 0.15) is 17.7 Å². The van der Waals surface area contributed by atoms with Gasteiger partial charge < -0.3 is 9.84 Å². The Bertz CT molecular complexity index is 1230. The minimum absolute atomic E-state index is 0.0730. The fourth-order valence-corrected chi connectivity index (χ4v) is 5.47. The van der Waals surface area contributed by atoms with Crippen molar-refractivity contribution in [2.24, 2.45) is 5.92 Å². The molecule has 0 bridgehead atoms. The molecule has 1 unspecified atom stereocenters. The highest BCUT2D eigenvalue weighted by Crippen LogP contribution is 2.43. The second kappa shape index (κ2) is 10.0. The van der Waals surface area contributed by atoms with E-state index in [1.54, 1.807) is 26.0 Å². The molecule has 0 spiro atoms. The molecule has 4 rings (SSSR count). The van der Waals surface area contributed by atoms with Gasteiger partial charge in [-0.25, -0.2) is 9.18 Å². The molecule has 4 nitrogen and oxygen atoms in total. The topological polar surface area (TPSA) is 49.8 Å². The Morgan fingerprint density at radius 1 is 1.14 bits per heavy atom. The number of aryl methyl sites for hydroxylation is 1. The van der Waals surface area contributed by atoms with Crippen LogP contribution >= 0.6 is 0 Å². The first-order valence-electron chi connectivity index (χ1n) is 12.7. The van der Waals surface area contributed by atoms with Crippen molar-refractivity contribution in [3.63, 3.8) is 0 Å². The highest BCUT2D eigenvalue weighted by molar-refractivity contribution is 5.77. The van der Waals surface area contributed by atoms with E-state index in [4.69, 9.17) is 4.74 Å². The van der Waals surface area contributed by atoms with E-state index in [0.717, 1.165) is 35.8 Å². The highest BCUT2D eigenvalue weighted by atomic mass is 19.4. The molecule has 1 heterocycles. The Morgan fingerprint density at radius 2 is 1.84 bits per heavy atom. The van der Waals surface area contributed by atoms with Gasteiger partial charge in [-0.2, -0.15) is 13.2 Å². The number of cyclic esters (lactones) is 1. The lowest BCUT2D eigenvalue weighted by Gasteiger charge is -2.30. The van der Waals surface area contributed by atoms with E-state index in [0.29, 0.717) is 41.0 Å². The van der Waals surface area contributed by atoms with E-state index in [1.807, 2.05) is 13.8 Å². The highest BCUT2D eigenvalue weighted by Gasteiger charge is 2.42. The normalized spacial score (nSPS) is 22.7. The molecular weight excluding hydrogens is 486 g/mol. The van der Waals surface area contributed by atoms with Crippen LogP contribution in [0.3, 0.4) is 0 Å². The summed E-state index contributed by atoms with van der Waals surface area (Å²) in [5.74, 6) is -0.324. The number of halogens is 4. The van der Waals surface area contributed by atoms with Gasteiger partial charge in [0.05, 0.1) is 11.6 Å². The summed E-state index contributed by atoms with van der Waals surface area (Å²) in [7, 11) is 0. The van der Waals surface area contributed by atoms with Gasteiger partial charge in [-0.15, -0.1) is 0 Å². The van der Waals surface area contributed by atoms with Crippen LogP contribution < -0.4 is 0 Å². The van der Waals surface area contributed by atoms with Crippen molar-refractivity contribution in [3.8, 4) is 5.75 Å². The molecule has 8 heteroatoms. The molecule has 1 saturated heterocycles. The third-order valence-corrected chi connectivity index (χ3v) is 7.48. The van der Waals surface area contributed by atoms with Crippen LogP contribution in [0.2, 0.25) is 0 Å². The number of carbonyl (C=O) groups excluding carboxylic acids is 1. The average molecular weight is 520 g/mol. The monoisotopic (exact) mass is 519 g/mol. The van der Waals surface area contributed by atoms with Crippen molar-refractivity contribution in [2.45, 2.75) is 78.1 Å².